The Morgan fingerprint density at radius 2 is 2.09 bits per heavy atom. The number of nitrogens with one attached hydrogen (secondary N) is 1. The van der Waals surface area contributed by atoms with Crippen LogP contribution < -0.4 is 5.32 Å². The molecule has 124 valence electrons. The number of esters is 1. The van der Waals surface area contributed by atoms with Gasteiger partial charge in [0.1, 0.15) is 6.04 Å². The summed E-state index contributed by atoms with van der Waals surface area (Å²) in [5.41, 5.74) is 1.16. The van der Waals surface area contributed by atoms with Crippen LogP contribution in [0.1, 0.15) is 36.4 Å². The standard InChI is InChI=1S/C17H20ClNO4/c1-5-9(2)13(17(21)22-4)19-16(20)14-10(3)11-7-6-8-12(18)15(11)23-14/h6-9,13H,5H2,1-4H3,(H,19,20). The second-order valence-electron chi connectivity index (χ2n) is 5.53. The fraction of sp³-hybridized carbons (Fsp3) is 0.412. The highest BCUT2D eigenvalue weighted by atomic mass is 35.5. The molecular weight excluding hydrogens is 318 g/mol. The van der Waals surface area contributed by atoms with Crippen LogP contribution in [0.2, 0.25) is 5.02 Å². The van der Waals surface area contributed by atoms with Gasteiger partial charge in [0.25, 0.3) is 5.91 Å². The summed E-state index contributed by atoms with van der Waals surface area (Å²) in [5, 5.41) is 3.92. The molecule has 0 bridgehead atoms. The number of para-hydroxylation sites is 1. The third-order valence-electron chi connectivity index (χ3n) is 4.08. The number of amides is 1. The number of hydrogen-bond donors (Lipinski definition) is 1. The van der Waals surface area contributed by atoms with Gasteiger partial charge < -0.3 is 14.5 Å². The molecular formula is C17H20ClNO4. The first-order valence-electron chi connectivity index (χ1n) is 7.47. The van der Waals surface area contributed by atoms with Crippen molar-refractivity contribution >= 4 is 34.4 Å². The van der Waals surface area contributed by atoms with Crippen molar-refractivity contribution in [1.82, 2.24) is 5.32 Å². The van der Waals surface area contributed by atoms with Gasteiger partial charge >= 0.3 is 5.97 Å². The maximum atomic E-state index is 12.5. The minimum Gasteiger partial charge on any atom is -0.467 e. The molecule has 1 heterocycles. The topological polar surface area (TPSA) is 68.5 Å². The second-order valence-corrected chi connectivity index (χ2v) is 5.94. The number of ether oxygens (including phenoxy) is 1. The van der Waals surface area contributed by atoms with E-state index < -0.39 is 17.9 Å². The normalized spacial score (nSPS) is 13.6. The van der Waals surface area contributed by atoms with Gasteiger partial charge in [0, 0.05) is 10.9 Å². The van der Waals surface area contributed by atoms with E-state index in [1.165, 1.54) is 7.11 Å². The Hall–Kier alpha value is -2.01. The Morgan fingerprint density at radius 1 is 1.39 bits per heavy atom. The number of methoxy groups -OCH3 is 1. The van der Waals surface area contributed by atoms with Gasteiger partial charge in [0.15, 0.2) is 11.3 Å². The molecule has 2 aromatic rings. The van der Waals surface area contributed by atoms with Crippen molar-refractivity contribution in [2.45, 2.75) is 33.2 Å². The minimum atomic E-state index is -0.722. The lowest BCUT2D eigenvalue weighted by Gasteiger charge is -2.21. The Balaban J connectivity index is 2.34. The number of hydrogen-bond acceptors (Lipinski definition) is 4. The zero-order valence-electron chi connectivity index (χ0n) is 13.6. The molecule has 23 heavy (non-hydrogen) atoms. The Morgan fingerprint density at radius 3 is 2.65 bits per heavy atom. The van der Waals surface area contributed by atoms with Crippen LogP contribution in [0, 0.1) is 12.8 Å². The summed E-state index contributed by atoms with van der Waals surface area (Å²) < 4.78 is 10.4. The molecule has 0 fully saturated rings. The Bertz CT molecular complexity index is 738. The summed E-state index contributed by atoms with van der Waals surface area (Å²) in [7, 11) is 1.30. The first-order valence-corrected chi connectivity index (χ1v) is 7.84. The van der Waals surface area contributed by atoms with Crippen molar-refractivity contribution in [1.29, 1.82) is 0 Å². The number of carbonyl (C=O) groups excluding carboxylic acids is 2. The van der Waals surface area contributed by atoms with Crippen LogP contribution in [-0.2, 0) is 9.53 Å². The van der Waals surface area contributed by atoms with Crippen molar-refractivity contribution in [2.75, 3.05) is 7.11 Å². The number of carbonyl (C=O) groups is 2. The summed E-state index contributed by atoms with van der Waals surface area (Å²) in [6.45, 7) is 5.61. The average molecular weight is 338 g/mol. The van der Waals surface area contributed by atoms with Gasteiger partial charge in [-0.3, -0.25) is 4.79 Å². The molecule has 0 saturated heterocycles. The van der Waals surface area contributed by atoms with Crippen molar-refractivity contribution in [3.63, 3.8) is 0 Å². The number of fused-ring (bicyclic) bond motifs is 1. The van der Waals surface area contributed by atoms with Crippen molar-refractivity contribution in [3.8, 4) is 0 Å². The number of rotatable bonds is 5. The first kappa shape index (κ1) is 17.3. The molecule has 5 nitrogen and oxygen atoms in total. The lowest BCUT2D eigenvalue weighted by molar-refractivity contribution is -0.144. The highest BCUT2D eigenvalue weighted by molar-refractivity contribution is 6.35. The van der Waals surface area contributed by atoms with Crippen LogP contribution >= 0.6 is 11.6 Å². The van der Waals surface area contributed by atoms with Gasteiger partial charge in [-0.25, -0.2) is 4.79 Å². The molecule has 0 aliphatic carbocycles. The maximum Gasteiger partial charge on any atom is 0.328 e. The summed E-state index contributed by atoms with van der Waals surface area (Å²) in [4.78, 5) is 24.4. The molecule has 6 heteroatoms. The van der Waals surface area contributed by atoms with Gasteiger partial charge in [-0.15, -0.1) is 0 Å². The van der Waals surface area contributed by atoms with Crippen molar-refractivity contribution in [2.24, 2.45) is 5.92 Å². The fourth-order valence-corrected chi connectivity index (χ4v) is 2.64. The molecule has 1 N–H and O–H groups in total. The Kier molecular flexibility index (Phi) is 5.31. The highest BCUT2D eigenvalue weighted by Crippen LogP contribution is 2.30. The predicted octanol–water partition coefficient (Wildman–Crippen LogP) is 3.71. The molecule has 2 unspecified atom stereocenters. The summed E-state index contributed by atoms with van der Waals surface area (Å²) in [6, 6.07) is 4.61. The number of furan rings is 1. The third kappa shape index (κ3) is 3.34. The van der Waals surface area contributed by atoms with E-state index in [1.54, 1.807) is 19.1 Å². The minimum absolute atomic E-state index is 0.0559. The maximum absolute atomic E-state index is 12.5. The van der Waals surface area contributed by atoms with E-state index >= 15 is 0 Å². The molecule has 2 atom stereocenters. The van der Waals surface area contributed by atoms with E-state index in [2.05, 4.69) is 5.32 Å². The van der Waals surface area contributed by atoms with Gasteiger partial charge in [-0.05, 0) is 18.9 Å². The third-order valence-corrected chi connectivity index (χ3v) is 4.37. The summed E-state index contributed by atoms with van der Waals surface area (Å²) >= 11 is 6.10. The van der Waals surface area contributed by atoms with Crippen LogP contribution in [0.25, 0.3) is 11.0 Å². The molecule has 0 radical (unpaired) electrons. The highest BCUT2D eigenvalue weighted by Gasteiger charge is 2.29. The second kappa shape index (κ2) is 7.04. The van der Waals surface area contributed by atoms with Gasteiger partial charge in [-0.1, -0.05) is 44.0 Å². The molecule has 0 spiro atoms. The molecule has 1 amide bonds. The summed E-state index contributed by atoms with van der Waals surface area (Å²) in [5.74, 6) is -0.824. The lowest BCUT2D eigenvalue weighted by Crippen LogP contribution is -2.45. The van der Waals surface area contributed by atoms with E-state index in [4.69, 9.17) is 20.8 Å². The van der Waals surface area contributed by atoms with Crippen LogP contribution in [0.5, 0.6) is 0 Å². The van der Waals surface area contributed by atoms with Gasteiger partial charge in [0.2, 0.25) is 0 Å². The van der Waals surface area contributed by atoms with Crippen molar-refractivity contribution in [3.05, 3.63) is 34.5 Å². The van der Waals surface area contributed by atoms with E-state index in [-0.39, 0.29) is 11.7 Å². The zero-order chi connectivity index (χ0) is 17.1. The SMILES string of the molecule is CCC(C)C(NC(=O)c1oc2c(Cl)cccc2c1C)C(=O)OC. The average Bonchev–Trinajstić information content (AvgIpc) is 2.89. The van der Waals surface area contributed by atoms with E-state index in [0.717, 1.165) is 11.8 Å². The number of halogens is 1. The van der Waals surface area contributed by atoms with E-state index in [1.807, 2.05) is 19.9 Å². The van der Waals surface area contributed by atoms with E-state index in [0.29, 0.717) is 16.2 Å². The molecule has 2 rings (SSSR count). The van der Waals surface area contributed by atoms with Crippen LogP contribution in [0.15, 0.2) is 22.6 Å². The molecule has 1 aromatic carbocycles. The van der Waals surface area contributed by atoms with Crippen LogP contribution in [-0.4, -0.2) is 25.0 Å². The smallest absolute Gasteiger partial charge is 0.328 e. The summed E-state index contributed by atoms with van der Waals surface area (Å²) in [6.07, 6.45) is 0.727. The van der Waals surface area contributed by atoms with Gasteiger partial charge in [0.05, 0.1) is 12.1 Å². The molecule has 0 aliphatic heterocycles. The van der Waals surface area contributed by atoms with Gasteiger partial charge in [-0.2, -0.15) is 0 Å². The number of aryl methyl sites for hydroxylation is 1. The quantitative estimate of drug-likeness (QED) is 0.844. The molecule has 0 saturated carbocycles. The van der Waals surface area contributed by atoms with Crippen LogP contribution in [0.3, 0.4) is 0 Å². The molecule has 1 aromatic heterocycles. The predicted molar refractivity (Wildman–Crippen MR) is 88.7 cm³/mol. The Labute approximate surface area is 139 Å². The monoisotopic (exact) mass is 337 g/mol. The fourth-order valence-electron chi connectivity index (χ4n) is 2.43. The largest absolute Gasteiger partial charge is 0.467 e. The molecule has 0 aliphatic rings. The lowest BCUT2D eigenvalue weighted by atomic mass is 9.99. The number of benzene rings is 1. The zero-order valence-corrected chi connectivity index (χ0v) is 14.4. The van der Waals surface area contributed by atoms with Crippen LogP contribution in [0.4, 0.5) is 0 Å². The van der Waals surface area contributed by atoms with E-state index in [9.17, 15) is 9.59 Å². The van der Waals surface area contributed by atoms with Crippen molar-refractivity contribution < 1.29 is 18.7 Å². The first-order chi connectivity index (χ1) is 10.9.